The number of ketones is 4. The largest absolute Gasteiger partial charge is 0.463 e. The highest BCUT2D eigenvalue weighted by atomic mass is 16.7. The van der Waals surface area contributed by atoms with Crippen LogP contribution in [0.1, 0.15) is 285 Å². The zero-order chi connectivity index (χ0) is 109. The second-order valence-corrected chi connectivity index (χ2v) is 39.5. The lowest BCUT2D eigenvalue weighted by Crippen LogP contribution is -2.55. The van der Waals surface area contributed by atoms with E-state index in [0.29, 0.717) is 197 Å². The zero-order valence-corrected chi connectivity index (χ0v) is 92.6. The molecule has 16 atom stereocenters. The van der Waals surface area contributed by atoms with Crippen molar-refractivity contribution in [1.29, 1.82) is 0 Å². The van der Waals surface area contributed by atoms with Crippen molar-refractivity contribution in [2.75, 3.05) is 291 Å². The molecule has 0 aromatic heterocycles. The molecule has 40 heteroatoms. The molecule has 0 aromatic rings. The molecular weight excluding hydrogens is 1960 g/mol. The fourth-order valence-corrected chi connectivity index (χ4v) is 16.8. The van der Waals surface area contributed by atoms with Crippen molar-refractivity contribution in [3.63, 3.8) is 0 Å². The van der Waals surface area contributed by atoms with Gasteiger partial charge in [0, 0.05) is 147 Å². The average molecular weight is 2170 g/mol. The molecule has 0 amide bonds. The molecule has 40 nitrogen and oxygen atoms in total. The number of aliphatic hydroxyl groups excluding tert-OH is 9. The van der Waals surface area contributed by atoms with Gasteiger partial charge in [-0.3, -0.25) is 24.0 Å². The highest BCUT2D eigenvalue weighted by Gasteiger charge is 2.45. The van der Waals surface area contributed by atoms with E-state index < -0.39 is 123 Å². The molecule has 0 aliphatic carbocycles. The van der Waals surface area contributed by atoms with E-state index in [1.54, 1.807) is 20.8 Å². The fourth-order valence-electron chi connectivity index (χ4n) is 16.8. The minimum atomic E-state index is -1.20. The predicted molar refractivity (Wildman–Crippen MR) is 558 cm³/mol. The van der Waals surface area contributed by atoms with Gasteiger partial charge in [0.1, 0.15) is 72.5 Å². The van der Waals surface area contributed by atoms with Crippen LogP contribution >= 0.6 is 0 Å². The number of carbonyl (C=O) groups excluding carboxylic acids is 5. The lowest BCUT2D eigenvalue weighted by molar-refractivity contribution is -0.284. The first-order valence-electron chi connectivity index (χ1n) is 57.2. The fraction of sp³-hybridized carbons (Fsp3) is 0.955. The summed E-state index contributed by atoms with van der Waals surface area (Å²) in [4.78, 5) is 65.8. The minimum absolute atomic E-state index is 0.0146. The molecule has 3 fully saturated rings. The summed E-state index contributed by atoms with van der Waals surface area (Å²) >= 11 is 0. The van der Waals surface area contributed by atoms with Crippen LogP contribution in [0.3, 0.4) is 0 Å². The Kier molecular flexibility index (Phi) is 94.0. The Balaban J connectivity index is 1.53. The van der Waals surface area contributed by atoms with E-state index in [9.17, 15) is 69.9 Å². The molecule has 0 aromatic carbocycles. The zero-order valence-electron chi connectivity index (χ0n) is 92.6. The molecule has 3 heterocycles. The minimum Gasteiger partial charge on any atom is -0.463 e. The van der Waals surface area contributed by atoms with Crippen LogP contribution in [-0.4, -0.2) is 446 Å². The number of rotatable bonds is 114. The van der Waals surface area contributed by atoms with E-state index in [1.807, 2.05) is 0 Å². The van der Waals surface area contributed by atoms with Crippen LogP contribution in [0.4, 0.5) is 0 Å². The number of esters is 1. The van der Waals surface area contributed by atoms with Crippen LogP contribution in [0, 0.1) is 23.2 Å². The highest BCUT2D eigenvalue weighted by molar-refractivity contribution is 5.80. The van der Waals surface area contributed by atoms with Crippen molar-refractivity contribution in [1.82, 2.24) is 0 Å². The molecule has 9 N–H and O–H groups in total. The molecule has 0 radical (unpaired) electrons. The van der Waals surface area contributed by atoms with Gasteiger partial charge >= 0.3 is 5.97 Å². The Morgan fingerprint density at radius 2 is 0.480 bits per heavy atom. The summed E-state index contributed by atoms with van der Waals surface area (Å²) in [5.41, 5.74) is -0.971. The third kappa shape index (κ3) is 75.8. The maximum Gasteiger partial charge on any atom is 0.308 e. The summed E-state index contributed by atoms with van der Waals surface area (Å²) in [6.07, 6.45) is 22.6. The van der Waals surface area contributed by atoms with E-state index >= 15 is 0 Å². The molecule has 886 valence electrons. The number of aliphatic hydroxyl groups is 9. The van der Waals surface area contributed by atoms with Crippen molar-refractivity contribution in [3.05, 3.63) is 0 Å². The van der Waals surface area contributed by atoms with Crippen LogP contribution in [-0.2, 0) is 147 Å². The standard InChI is InChI=1S/C110H206O40/c1-6-8-10-12-14-16-18-20-22-24-26-28-44-139-84-96(143-54-29-27-25-23-21-19-17-15-13-11-9-7-2)85-147-100(118)43-59-132-64-63-131-58-42-95(117)80-110(86-140-51-33-48-125-55-39-92(114)36-30-45-128-60-65-133-68-71-136-74-77-144-107-89(3)101(119)104(122)97(81-111)148-107,87-141-52-34-49-126-56-40-93(115)37-31-46-129-61-66-134-69-72-137-75-78-145-108-90(4)102(120)105(123)98(82-112)149-108)88-142-53-35-50-127-57-41-94(116)38-32-47-130-62-67-135-70-73-138-76-79-146-109-91(5)103(121)106(124)99(83-113)150-109/h89-91,96-99,101-109,111-113,119-124H,6-88H2,1-5H3. The van der Waals surface area contributed by atoms with Gasteiger partial charge in [-0.15, -0.1) is 0 Å². The number of Topliss-reactive ketones (excluding diaryl/α,β-unsaturated/α-hetero) is 4. The number of unbranched alkanes of at least 4 members (excludes halogenated alkanes) is 22. The lowest BCUT2D eigenvalue weighted by atomic mass is 9.84. The number of carbonyl (C=O) groups is 5. The van der Waals surface area contributed by atoms with Crippen LogP contribution in [0.2, 0.25) is 0 Å². The van der Waals surface area contributed by atoms with E-state index in [-0.39, 0.29) is 200 Å². The Bertz CT molecular complexity index is 2810. The summed E-state index contributed by atoms with van der Waals surface area (Å²) in [7, 11) is 0. The number of ether oxygens (including phenoxy) is 26. The Labute approximate surface area is 896 Å². The van der Waals surface area contributed by atoms with Crippen LogP contribution in [0.25, 0.3) is 0 Å². The molecule has 3 rings (SSSR count). The van der Waals surface area contributed by atoms with Crippen LogP contribution < -0.4 is 0 Å². The SMILES string of the molecule is CCCCCCCCCCCCCCOCC(COC(=O)CCOCCOCCC(=O)CC(COCCCOCCC(=O)CCCOCCOCCOCCOC1OC(CO)C(O)C(O)C1C)(COCCCOCCC(=O)CCCOCCOCCOCCOC1OC(CO)C(O)C(O)C1C)COCCCOCCC(=O)CCCOCCOCCOCCOC1OC(CO)C(O)C(O)C1C)OCCCCCCCCCCCCCC. The molecule has 0 saturated carbocycles. The first kappa shape index (κ1) is 141. The van der Waals surface area contributed by atoms with Gasteiger partial charge < -0.3 is 169 Å². The normalized spacial score (nSPS) is 21.7. The van der Waals surface area contributed by atoms with Gasteiger partial charge in [-0.1, -0.05) is 176 Å². The molecule has 16 unspecified atom stereocenters. The molecule has 150 heavy (non-hydrogen) atoms. The van der Waals surface area contributed by atoms with E-state index in [1.165, 1.54) is 128 Å². The molecule has 0 bridgehead atoms. The summed E-state index contributed by atoms with van der Waals surface area (Å²) in [5, 5.41) is 89.4. The van der Waals surface area contributed by atoms with Crippen molar-refractivity contribution in [2.45, 2.75) is 365 Å². The van der Waals surface area contributed by atoms with E-state index in [4.69, 9.17) is 123 Å². The number of hydrogen-bond donors (Lipinski definition) is 9. The molecule has 3 saturated heterocycles. The van der Waals surface area contributed by atoms with Gasteiger partial charge in [-0.2, -0.15) is 0 Å². The van der Waals surface area contributed by atoms with Crippen LogP contribution in [0.5, 0.6) is 0 Å². The second kappa shape index (κ2) is 100. The first-order chi connectivity index (χ1) is 73.2. The quantitative estimate of drug-likeness (QED) is 0.0202. The summed E-state index contributed by atoms with van der Waals surface area (Å²) in [5.74, 6) is -1.87. The Hall–Kier alpha value is -3.21. The number of hydrogen-bond acceptors (Lipinski definition) is 40. The van der Waals surface area contributed by atoms with Crippen molar-refractivity contribution >= 4 is 29.1 Å². The van der Waals surface area contributed by atoms with E-state index in [2.05, 4.69) is 13.8 Å². The Morgan fingerprint density at radius 3 is 0.787 bits per heavy atom. The maximum atomic E-state index is 14.3. The van der Waals surface area contributed by atoms with Gasteiger partial charge in [-0.25, -0.2) is 0 Å². The molecule has 3 aliphatic heterocycles. The smallest absolute Gasteiger partial charge is 0.308 e. The van der Waals surface area contributed by atoms with Gasteiger partial charge in [0.25, 0.3) is 0 Å². The van der Waals surface area contributed by atoms with Crippen molar-refractivity contribution in [3.8, 4) is 0 Å². The third-order valence-electron chi connectivity index (χ3n) is 26.2. The van der Waals surface area contributed by atoms with Gasteiger partial charge in [0.2, 0.25) is 0 Å². The molecule has 3 aliphatic rings. The van der Waals surface area contributed by atoms with Crippen LogP contribution in [0.15, 0.2) is 0 Å². The van der Waals surface area contributed by atoms with Gasteiger partial charge in [-0.05, 0) is 51.4 Å². The van der Waals surface area contributed by atoms with Crippen molar-refractivity contribution < 1.29 is 193 Å². The van der Waals surface area contributed by atoms with Crippen molar-refractivity contribution in [2.24, 2.45) is 23.2 Å². The first-order valence-corrected chi connectivity index (χ1v) is 57.2. The monoisotopic (exact) mass is 2170 g/mol. The molecular formula is C110H206O40. The maximum absolute atomic E-state index is 14.3. The third-order valence-corrected chi connectivity index (χ3v) is 26.2. The summed E-state index contributed by atoms with van der Waals surface area (Å²) in [6, 6.07) is 0. The summed E-state index contributed by atoms with van der Waals surface area (Å²) < 4.78 is 151. The highest BCUT2D eigenvalue weighted by Crippen LogP contribution is 2.32. The average Bonchev–Trinajstić information content (AvgIpc) is 0.827. The van der Waals surface area contributed by atoms with Gasteiger partial charge in [0.15, 0.2) is 18.9 Å². The summed E-state index contributed by atoms with van der Waals surface area (Å²) in [6.45, 7) is 19.5. The lowest BCUT2D eigenvalue weighted by Gasteiger charge is -2.40. The van der Waals surface area contributed by atoms with E-state index in [0.717, 1.165) is 25.7 Å². The topological polar surface area (TPSA) is 507 Å². The van der Waals surface area contributed by atoms with Gasteiger partial charge in [0.05, 0.1) is 236 Å². The second-order valence-electron chi connectivity index (χ2n) is 39.5. The predicted octanol–water partition coefficient (Wildman–Crippen LogP) is 10.0. The molecule has 0 spiro atoms. The Morgan fingerprint density at radius 1 is 0.240 bits per heavy atom.